The summed E-state index contributed by atoms with van der Waals surface area (Å²) in [6.07, 6.45) is 0. The third-order valence-corrected chi connectivity index (χ3v) is 7.48. The van der Waals surface area contributed by atoms with E-state index in [1.54, 1.807) is 19.2 Å². The minimum atomic E-state index is -0.183. The van der Waals surface area contributed by atoms with Crippen LogP contribution in [0.5, 0.6) is 5.75 Å². The van der Waals surface area contributed by atoms with Crippen molar-refractivity contribution in [2.45, 2.75) is 13.0 Å². The number of likely N-dealkylation sites (N-methyl/N-ethyl adjacent to an activating group) is 1. The molecule has 7 heteroatoms. The molecule has 35 heavy (non-hydrogen) atoms. The Morgan fingerprint density at radius 1 is 0.857 bits per heavy atom. The number of halogens is 1. The average molecular weight is 483 g/mol. The molecule has 0 bridgehead atoms. The predicted molar refractivity (Wildman–Crippen MR) is 138 cm³/mol. The maximum Gasteiger partial charge on any atom is 0.166 e. The van der Waals surface area contributed by atoms with Gasteiger partial charge in [0.05, 0.1) is 7.11 Å². The monoisotopic (exact) mass is 482 g/mol. The molecule has 2 aliphatic rings. The van der Waals surface area contributed by atoms with E-state index in [0.29, 0.717) is 0 Å². The highest BCUT2D eigenvalue weighted by Gasteiger charge is 2.28. The molecule has 190 valence electrons. The maximum atomic E-state index is 13.6. The van der Waals surface area contributed by atoms with Crippen molar-refractivity contribution in [3.63, 3.8) is 0 Å². The van der Waals surface area contributed by atoms with Crippen LogP contribution in [0.15, 0.2) is 48.5 Å². The van der Waals surface area contributed by atoms with Crippen LogP contribution in [0, 0.1) is 11.7 Å². The van der Waals surface area contributed by atoms with Crippen LogP contribution in [0.4, 0.5) is 4.39 Å². The van der Waals surface area contributed by atoms with Crippen LogP contribution in [0.25, 0.3) is 0 Å². The van der Waals surface area contributed by atoms with Gasteiger partial charge >= 0.3 is 0 Å². The van der Waals surface area contributed by atoms with Gasteiger partial charge in [0.2, 0.25) is 0 Å². The quantitative estimate of drug-likeness (QED) is 0.511. The van der Waals surface area contributed by atoms with E-state index in [1.807, 2.05) is 43.3 Å². The summed E-state index contributed by atoms with van der Waals surface area (Å²) >= 11 is 0. The topological polar surface area (TPSA) is 39.3 Å². The zero-order valence-electron chi connectivity index (χ0n) is 21.3. The van der Waals surface area contributed by atoms with Gasteiger partial charge in [-0.05, 0) is 49.0 Å². The van der Waals surface area contributed by atoms with Gasteiger partial charge in [0, 0.05) is 83.0 Å². The summed E-state index contributed by atoms with van der Waals surface area (Å²) in [5, 5.41) is 0. The molecule has 2 saturated heterocycles. The van der Waals surface area contributed by atoms with Crippen LogP contribution in [-0.4, -0.2) is 105 Å². The number of carbonyl (C=O) groups excluding carboxylic acids is 1. The molecule has 0 aliphatic carbocycles. The van der Waals surface area contributed by atoms with Gasteiger partial charge in [-0.25, -0.2) is 4.39 Å². The fourth-order valence-electron chi connectivity index (χ4n) is 5.16. The molecule has 0 N–H and O–H groups in total. The van der Waals surface area contributed by atoms with E-state index in [1.165, 1.54) is 5.56 Å². The number of rotatable bonds is 9. The minimum Gasteiger partial charge on any atom is -0.497 e. The van der Waals surface area contributed by atoms with Gasteiger partial charge in [0.1, 0.15) is 11.6 Å². The number of Topliss-reactive ketones (excluding diaryl/α,β-unsaturated/α-hetero) is 1. The lowest BCUT2D eigenvalue weighted by Crippen LogP contribution is -2.52. The van der Waals surface area contributed by atoms with Gasteiger partial charge < -0.3 is 14.5 Å². The van der Waals surface area contributed by atoms with E-state index >= 15 is 0 Å². The van der Waals surface area contributed by atoms with Crippen LogP contribution in [0.2, 0.25) is 0 Å². The predicted octanol–water partition coefficient (Wildman–Crippen LogP) is 3.26. The average Bonchev–Trinajstić information content (AvgIpc) is 2.89. The second-order valence-corrected chi connectivity index (χ2v) is 10.0. The van der Waals surface area contributed by atoms with Crippen molar-refractivity contribution in [2.24, 2.45) is 5.92 Å². The highest BCUT2D eigenvalue weighted by Crippen LogP contribution is 2.25. The Kier molecular flexibility index (Phi) is 8.89. The lowest BCUT2D eigenvalue weighted by Gasteiger charge is -2.42. The molecule has 0 radical (unpaired) electrons. The molecule has 0 spiro atoms. The summed E-state index contributed by atoms with van der Waals surface area (Å²) in [5.41, 5.74) is 1.93. The molecule has 2 atom stereocenters. The van der Waals surface area contributed by atoms with Crippen molar-refractivity contribution in [3.05, 3.63) is 65.5 Å². The molecule has 0 aromatic heterocycles. The van der Waals surface area contributed by atoms with E-state index in [0.717, 1.165) is 76.8 Å². The van der Waals surface area contributed by atoms with E-state index < -0.39 is 0 Å². The molecule has 2 heterocycles. The van der Waals surface area contributed by atoms with Crippen molar-refractivity contribution in [2.75, 3.05) is 79.6 Å². The van der Waals surface area contributed by atoms with Crippen LogP contribution in [0.3, 0.4) is 0 Å². The smallest absolute Gasteiger partial charge is 0.166 e. The summed E-state index contributed by atoms with van der Waals surface area (Å²) in [7, 11) is 3.80. The first kappa shape index (κ1) is 25.8. The number of nitrogens with zero attached hydrogens (tertiary/aromatic N) is 4. The van der Waals surface area contributed by atoms with Gasteiger partial charge in [0.15, 0.2) is 5.78 Å². The van der Waals surface area contributed by atoms with E-state index in [-0.39, 0.29) is 23.6 Å². The van der Waals surface area contributed by atoms with Gasteiger partial charge in [0.25, 0.3) is 0 Å². The van der Waals surface area contributed by atoms with Gasteiger partial charge in [-0.15, -0.1) is 0 Å². The zero-order valence-corrected chi connectivity index (χ0v) is 21.3. The maximum absolute atomic E-state index is 13.6. The summed E-state index contributed by atoms with van der Waals surface area (Å²) < 4.78 is 18.8. The molecule has 4 rings (SSSR count). The Balaban J connectivity index is 1.31. The number of ether oxygens (including phenoxy) is 1. The standard InChI is InChI=1S/C28H39FN4O2/c1-22(28(34)24-6-10-26(35-3)11-7-24)20-31-14-16-32(17-15-31)21-27(23-4-8-25(29)9-5-23)33-18-12-30(2)13-19-33/h4-11,22,27H,12-21H2,1-3H3. The van der Waals surface area contributed by atoms with Crippen molar-refractivity contribution in [1.29, 1.82) is 0 Å². The summed E-state index contributed by atoms with van der Waals surface area (Å²) in [6.45, 7) is 11.8. The number of methoxy groups -OCH3 is 1. The molecular formula is C28H39FN4O2. The van der Waals surface area contributed by atoms with E-state index in [4.69, 9.17) is 4.74 Å². The lowest BCUT2D eigenvalue weighted by molar-refractivity contribution is 0.0590. The number of hydrogen-bond donors (Lipinski definition) is 0. The van der Waals surface area contributed by atoms with Crippen molar-refractivity contribution in [3.8, 4) is 5.75 Å². The molecule has 2 unspecified atom stereocenters. The molecule has 0 amide bonds. The Morgan fingerprint density at radius 3 is 2.00 bits per heavy atom. The largest absolute Gasteiger partial charge is 0.497 e. The molecule has 0 saturated carbocycles. The number of carbonyl (C=O) groups is 1. The summed E-state index contributed by atoms with van der Waals surface area (Å²) in [6, 6.07) is 14.7. The van der Waals surface area contributed by atoms with Crippen molar-refractivity contribution < 1.29 is 13.9 Å². The number of hydrogen-bond acceptors (Lipinski definition) is 6. The van der Waals surface area contributed by atoms with Crippen molar-refractivity contribution >= 4 is 5.78 Å². The SMILES string of the molecule is COc1ccc(C(=O)C(C)CN2CCN(CC(c3ccc(F)cc3)N3CCN(C)CC3)CC2)cc1. The van der Waals surface area contributed by atoms with E-state index in [2.05, 4.69) is 26.6 Å². The zero-order chi connectivity index (χ0) is 24.8. The molecular weight excluding hydrogens is 443 g/mol. The van der Waals surface area contributed by atoms with Crippen LogP contribution < -0.4 is 4.74 Å². The molecule has 2 aromatic rings. The first-order valence-corrected chi connectivity index (χ1v) is 12.7. The Morgan fingerprint density at radius 2 is 1.43 bits per heavy atom. The fraction of sp³-hybridized carbons (Fsp3) is 0.536. The molecule has 2 fully saturated rings. The molecule has 2 aliphatic heterocycles. The number of ketones is 1. The normalized spacial score (nSPS) is 20.5. The third kappa shape index (κ3) is 6.88. The highest BCUT2D eigenvalue weighted by atomic mass is 19.1. The second-order valence-electron chi connectivity index (χ2n) is 10.0. The fourth-order valence-corrected chi connectivity index (χ4v) is 5.16. The van der Waals surface area contributed by atoms with E-state index in [9.17, 15) is 9.18 Å². The lowest BCUT2D eigenvalue weighted by atomic mass is 9.98. The van der Waals surface area contributed by atoms with Gasteiger partial charge in [-0.3, -0.25) is 14.6 Å². The van der Waals surface area contributed by atoms with Gasteiger partial charge in [-0.2, -0.15) is 0 Å². The summed E-state index contributed by atoms with van der Waals surface area (Å²) in [4.78, 5) is 22.7. The minimum absolute atomic E-state index is 0.0488. The number of piperazine rings is 2. The van der Waals surface area contributed by atoms with Gasteiger partial charge in [-0.1, -0.05) is 19.1 Å². The van der Waals surface area contributed by atoms with Crippen LogP contribution in [0.1, 0.15) is 28.9 Å². The highest BCUT2D eigenvalue weighted by molar-refractivity contribution is 5.97. The van der Waals surface area contributed by atoms with Crippen LogP contribution >= 0.6 is 0 Å². The first-order valence-electron chi connectivity index (χ1n) is 12.7. The second kappa shape index (κ2) is 12.1. The first-order chi connectivity index (χ1) is 16.9. The number of benzene rings is 2. The Hall–Kier alpha value is -2.32. The summed E-state index contributed by atoms with van der Waals surface area (Å²) in [5.74, 6) is 0.715. The molecule has 6 nitrogen and oxygen atoms in total. The Labute approximate surface area is 209 Å². The Bertz CT molecular complexity index is 936. The van der Waals surface area contributed by atoms with Crippen LogP contribution in [-0.2, 0) is 0 Å². The molecule has 2 aromatic carbocycles. The third-order valence-electron chi connectivity index (χ3n) is 7.48. The van der Waals surface area contributed by atoms with Crippen molar-refractivity contribution in [1.82, 2.24) is 19.6 Å².